The van der Waals surface area contributed by atoms with E-state index in [1.165, 1.54) is 0 Å². The van der Waals surface area contributed by atoms with Crippen molar-refractivity contribution in [1.29, 1.82) is 0 Å². The van der Waals surface area contributed by atoms with E-state index in [1.807, 2.05) is 48.5 Å². The molecule has 1 saturated heterocycles. The Balaban J connectivity index is 1.54. The van der Waals surface area contributed by atoms with Crippen LogP contribution in [-0.2, 0) is 22.6 Å². The summed E-state index contributed by atoms with van der Waals surface area (Å²) >= 11 is 5.98. The molecule has 0 aliphatic carbocycles. The number of carbonyl (C=O) groups is 2. The Bertz CT molecular complexity index is 815. The summed E-state index contributed by atoms with van der Waals surface area (Å²) in [5.74, 6) is -0.389. The van der Waals surface area contributed by atoms with Crippen LogP contribution < -0.4 is 4.74 Å². The molecule has 0 unspecified atom stereocenters. The van der Waals surface area contributed by atoms with Crippen molar-refractivity contribution in [2.24, 2.45) is 5.92 Å². The highest BCUT2D eigenvalue weighted by Gasteiger charge is 2.26. The van der Waals surface area contributed by atoms with Gasteiger partial charge in [-0.1, -0.05) is 35.9 Å². The summed E-state index contributed by atoms with van der Waals surface area (Å²) in [6.45, 7) is 1.40. The van der Waals surface area contributed by atoms with E-state index in [1.54, 1.807) is 4.90 Å². The topological polar surface area (TPSA) is 66.8 Å². The van der Waals surface area contributed by atoms with Crippen molar-refractivity contribution in [3.05, 3.63) is 64.7 Å². The molecular weight excluding hydrogens is 366 g/mol. The third kappa shape index (κ3) is 5.47. The van der Waals surface area contributed by atoms with Crippen molar-refractivity contribution in [3.63, 3.8) is 0 Å². The summed E-state index contributed by atoms with van der Waals surface area (Å²) in [6, 6.07) is 15.0. The minimum Gasteiger partial charge on any atom is -0.489 e. The van der Waals surface area contributed by atoms with Crippen molar-refractivity contribution in [1.82, 2.24) is 4.90 Å². The van der Waals surface area contributed by atoms with Gasteiger partial charge in [-0.2, -0.15) is 0 Å². The second kappa shape index (κ2) is 8.91. The Hall–Kier alpha value is -2.53. The zero-order chi connectivity index (χ0) is 19.2. The molecule has 6 heteroatoms. The molecule has 5 nitrogen and oxygen atoms in total. The number of aliphatic carboxylic acids is 1. The van der Waals surface area contributed by atoms with E-state index in [0.29, 0.717) is 43.3 Å². The first kappa shape index (κ1) is 19.2. The normalized spacial score (nSPS) is 14.8. The lowest BCUT2D eigenvalue weighted by molar-refractivity contribution is -0.145. The molecule has 0 atom stereocenters. The van der Waals surface area contributed by atoms with Crippen LogP contribution in [0.3, 0.4) is 0 Å². The maximum Gasteiger partial charge on any atom is 0.306 e. The van der Waals surface area contributed by atoms with Gasteiger partial charge in [-0.05, 0) is 48.2 Å². The quantitative estimate of drug-likeness (QED) is 0.819. The number of carboxylic acid groups (broad SMARTS) is 1. The molecular formula is C21H22ClNO4. The summed E-state index contributed by atoms with van der Waals surface area (Å²) in [5.41, 5.74) is 1.86. The van der Waals surface area contributed by atoms with Crippen LogP contribution in [0.5, 0.6) is 5.75 Å². The van der Waals surface area contributed by atoms with Crippen molar-refractivity contribution in [3.8, 4) is 5.75 Å². The summed E-state index contributed by atoms with van der Waals surface area (Å²) in [4.78, 5) is 25.3. The number of likely N-dealkylation sites (tertiary alicyclic amines) is 1. The lowest BCUT2D eigenvalue weighted by Gasteiger charge is -2.30. The van der Waals surface area contributed by atoms with Gasteiger partial charge in [-0.15, -0.1) is 0 Å². The molecule has 2 aromatic rings. The Kier molecular flexibility index (Phi) is 6.35. The summed E-state index contributed by atoms with van der Waals surface area (Å²) in [5, 5.41) is 9.72. The van der Waals surface area contributed by atoms with Crippen LogP contribution in [0.1, 0.15) is 24.0 Å². The number of ether oxygens (including phenoxy) is 1. The summed E-state index contributed by atoms with van der Waals surface area (Å²) in [6.07, 6.45) is 1.32. The second-order valence-electron chi connectivity index (χ2n) is 6.74. The van der Waals surface area contributed by atoms with Gasteiger partial charge < -0.3 is 14.7 Å². The minimum absolute atomic E-state index is 0.0193. The molecule has 0 saturated carbocycles. The van der Waals surface area contributed by atoms with Crippen LogP contribution in [0.2, 0.25) is 5.02 Å². The first-order valence-electron chi connectivity index (χ1n) is 8.98. The van der Waals surface area contributed by atoms with E-state index in [2.05, 4.69) is 0 Å². The lowest BCUT2D eigenvalue weighted by atomic mass is 9.96. The largest absolute Gasteiger partial charge is 0.489 e. The number of carbonyl (C=O) groups excluding carboxylic acids is 1. The van der Waals surface area contributed by atoms with Gasteiger partial charge in [0.05, 0.1) is 12.3 Å². The molecule has 0 spiro atoms. The SMILES string of the molecule is O=C(O)C1CCN(C(=O)Cc2cccc(OCc3cccc(Cl)c3)c2)CC1. The number of amides is 1. The van der Waals surface area contributed by atoms with Gasteiger partial charge >= 0.3 is 5.97 Å². The first-order valence-corrected chi connectivity index (χ1v) is 9.36. The molecule has 0 aromatic heterocycles. The molecule has 2 aromatic carbocycles. The van der Waals surface area contributed by atoms with Gasteiger partial charge in [0.15, 0.2) is 0 Å². The van der Waals surface area contributed by atoms with Gasteiger partial charge in [-0.3, -0.25) is 9.59 Å². The predicted molar refractivity (Wildman–Crippen MR) is 103 cm³/mol. The number of hydrogen-bond donors (Lipinski definition) is 1. The molecule has 0 radical (unpaired) electrons. The number of rotatable bonds is 6. The maximum absolute atomic E-state index is 12.5. The van der Waals surface area contributed by atoms with Gasteiger partial charge in [0.2, 0.25) is 5.91 Å². The van der Waals surface area contributed by atoms with Crippen molar-refractivity contribution in [2.75, 3.05) is 13.1 Å². The standard InChI is InChI=1S/C21H22ClNO4/c22-18-5-1-4-16(11-18)14-27-19-6-2-3-15(12-19)13-20(24)23-9-7-17(8-10-23)21(25)26/h1-6,11-12,17H,7-10,13-14H2,(H,25,26). The summed E-state index contributed by atoms with van der Waals surface area (Å²) < 4.78 is 5.81. The minimum atomic E-state index is -0.772. The molecule has 1 fully saturated rings. The molecule has 142 valence electrons. The Labute approximate surface area is 163 Å². The maximum atomic E-state index is 12.5. The van der Waals surface area contributed by atoms with Crippen LogP contribution >= 0.6 is 11.6 Å². The summed E-state index contributed by atoms with van der Waals surface area (Å²) in [7, 11) is 0. The Morgan fingerprint density at radius 3 is 2.48 bits per heavy atom. The second-order valence-corrected chi connectivity index (χ2v) is 7.17. The van der Waals surface area contributed by atoms with Crippen molar-refractivity contribution >= 4 is 23.5 Å². The Morgan fingerprint density at radius 1 is 1.07 bits per heavy atom. The van der Waals surface area contributed by atoms with Gasteiger partial charge in [0.25, 0.3) is 0 Å². The van der Waals surface area contributed by atoms with E-state index < -0.39 is 5.97 Å². The number of halogens is 1. The number of hydrogen-bond acceptors (Lipinski definition) is 3. The smallest absolute Gasteiger partial charge is 0.306 e. The zero-order valence-corrected chi connectivity index (χ0v) is 15.7. The molecule has 1 N–H and O–H groups in total. The monoisotopic (exact) mass is 387 g/mol. The van der Waals surface area contributed by atoms with Crippen LogP contribution in [0.15, 0.2) is 48.5 Å². The van der Waals surface area contributed by atoms with Crippen LogP contribution in [0.4, 0.5) is 0 Å². The molecule has 1 aliphatic heterocycles. The molecule has 3 rings (SSSR count). The fourth-order valence-corrected chi connectivity index (χ4v) is 3.41. The fourth-order valence-electron chi connectivity index (χ4n) is 3.20. The average Bonchev–Trinajstić information content (AvgIpc) is 2.67. The molecule has 0 bridgehead atoms. The van der Waals surface area contributed by atoms with Crippen LogP contribution in [0.25, 0.3) is 0 Å². The number of benzene rings is 2. The van der Waals surface area contributed by atoms with E-state index in [4.69, 9.17) is 21.4 Å². The highest BCUT2D eigenvalue weighted by atomic mass is 35.5. The first-order chi connectivity index (χ1) is 13.0. The van der Waals surface area contributed by atoms with Crippen molar-refractivity contribution in [2.45, 2.75) is 25.9 Å². The van der Waals surface area contributed by atoms with Gasteiger partial charge in [0.1, 0.15) is 12.4 Å². The van der Waals surface area contributed by atoms with E-state index in [9.17, 15) is 9.59 Å². The third-order valence-corrected chi connectivity index (χ3v) is 4.98. The van der Waals surface area contributed by atoms with Gasteiger partial charge in [-0.25, -0.2) is 0 Å². The highest BCUT2D eigenvalue weighted by Crippen LogP contribution is 2.20. The van der Waals surface area contributed by atoms with Crippen LogP contribution in [0, 0.1) is 5.92 Å². The van der Waals surface area contributed by atoms with Gasteiger partial charge in [0, 0.05) is 18.1 Å². The number of carboxylic acids is 1. The van der Waals surface area contributed by atoms with E-state index in [-0.39, 0.29) is 18.2 Å². The molecule has 1 amide bonds. The highest BCUT2D eigenvalue weighted by molar-refractivity contribution is 6.30. The predicted octanol–water partition coefficient (Wildman–Crippen LogP) is 3.78. The molecule has 27 heavy (non-hydrogen) atoms. The lowest BCUT2D eigenvalue weighted by Crippen LogP contribution is -2.40. The number of piperidine rings is 1. The van der Waals surface area contributed by atoms with E-state index >= 15 is 0 Å². The Morgan fingerprint density at radius 2 is 1.78 bits per heavy atom. The zero-order valence-electron chi connectivity index (χ0n) is 14.9. The molecule has 1 heterocycles. The van der Waals surface area contributed by atoms with Crippen LogP contribution in [-0.4, -0.2) is 35.0 Å². The molecule has 1 aliphatic rings. The van der Waals surface area contributed by atoms with E-state index in [0.717, 1.165) is 11.1 Å². The third-order valence-electron chi connectivity index (χ3n) is 4.75. The van der Waals surface area contributed by atoms with Crippen molar-refractivity contribution < 1.29 is 19.4 Å². The number of nitrogens with zero attached hydrogens (tertiary/aromatic N) is 1. The fraction of sp³-hybridized carbons (Fsp3) is 0.333. The average molecular weight is 388 g/mol.